The van der Waals surface area contributed by atoms with Crippen LogP contribution in [0, 0.1) is 0 Å². The molecule has 0 aromatic carbocycles. The van der Waals surface area contributed by atoms with Gasteiger partial charge in [-0.1, -0.05) is 19.8 Å². The average Bonchev–Trinajstić information content (AvgIpc) is 2.58. The highest BCUT2D eigenvalue weighted by Gasteiger charge is 2.20. The van der Waals surface area contributed by atoms with Crippen molar-refractivity contribution in [2.75, 3.05) is 13.6 Å². The summed E-state index contributed by atoms with van der Waals surface area (Å²) in [6, 6.07) is 0. The van der Waals surface area contributed by atoms with Gasteiger partial charge in [0.15, 0.2) is 6.34 Å². The first kappa shape index (κ1) is 16.2. The third kappa shape index (κ3) is 11.4. The Kier molecular flexibility index (Phi) is 7.10. The van der Waals surface area contributed by atoms with E-state index in [1.165, 1.54) is 32.2 Å². The van der Waals surface area contributed by atoms with E-state index in [1.807, 2.05) is 12.5 Å². The van der Waals surface area contributed by atoms with Gasteiger partial charge in [0, 0.05) is 0 Å². The largest absolute Gasteiger partial charge is 0.673 e. The van der Waals surface area contributed by atoms with Crippen molar-refractivity contribution in [2.24, 2.45) is 4.99 Å². The molecule has 0 aromatic heterocycles. The third-order valence-corrected chi connectivity index (χ3v) is 2.32. The molecule has 0 fully saturated rings. The summed E-state index contributed by atoms with van der Waals surface area (Å²) >= 11 is 0. The van der Waals surface area contributed by atoms with Crippen molar-refractivity contribution in [2.45, 2.75) is 32.6 Å². The molecule has 0 bridgehead atoms. The molecule has 0 N–H and O–H groups in total. The van der Waals surface area contributed by atoms with Crippen LogP contribution in [0.3, 0.4) is 0 Å². The van der Waals surface area contributed by atoms with Crippen LogP contribution in [0.5, 0.6) is 0 Å². The Bertz CT molecular complexity index is 246. The molecule has 2 nitrogen and oxygen atoms in total. The van der Waals surface area contributed by atoms with Gasteiger partial charge in [-0.15, -0.1) is 0 Å². The average molecular weight is 254 g/mol. The minimum atomic E-state index is -6.00. The van der Waals surface area contributed by atoms with Crippen LogP contribution in [-0.2, 0) is 0 Å². The van der Waals surface area contributed by atoms with E-state index in [0.29, 0.717) is 0 Å². The minimum absolute atomic E-state index is 0.893. The maximum absolute atomic E-state index is 9.75. The van der Waals surface area contributed by atoms with E-state index in [4.69, 9.17) is 0 Å². The van der Waals surface area contributed by atoms with Crippen LogP contribution in [0.15, 0.2) is 17.4 Å². The van der Waals surface area contributed by atoms with Gasteiger partial charge in [0.05, 0.1) is 19.8 Å². The van der Waals surface area contributed by atoms with Crippen molar-refractivity contribution in [3.05, 3.63) is 12.4 Å². The van der Waals surface area contributed by atoms with Crippen LogP contribution >= 0.6 is 0 Å². The van der Waals surface area contributed by atoms with E-state index in [-0.39, 0.29) is 0 Å². The number of quaternary nitrogens is 1. The molecule has 17 heavy (non-hydrogen) atoms. The molecule has 0 aromatic rings. The second-order valence-corrected chi connectivity index (χ2v) is 4.19. The second-order valence-electron chi connectivity index (χ2n) is 4.19. The lowest BCUT2D eigenvalue weighted by Gasteiger charge is -2.21. The lowest BCUT2D eigenvalue weighted by atomic mass is 10.2. The van der Waals surface area contributed by atoms with Gasteiger partial charge in [-0.25, -0.2) is 4.99 Å². The zero-order valence-electron chi connectivity index (χ0n) is 10.3. The Labute approximate surface area is 99.7 Å². The molecular formula is C10H19BF4N2. The molecule has 0 aliphatic carbocycles. The first-order chi connectivity index (χ1) is 7.77. The van der Waals surface area contributed by atoms with Gasteiger partial charge in [-0.2, -0.15) is 0 Å². The topological polar surface area (TPSA) is 12.4 Å². The van der Waals surface area contributed by atoms with Crippen molar-refractivity contribution < 1.29 is 21.7 Å². The van der Waals surface area contributed by atoms with Gasteiger partial charge in [-0.3, -0.25) is 4.48 Å². The number of halogens is 4. The SMILES string of the molecule is CCCCCC[N+]1(C)C=CN=C1.F[B-](F)(F)F. The van der Waals surface area contributed by atoms with Crippen molar-refractivity contribution in [1.29, 1.82) is 0 Å². The van der Waals surface area contributed by atoms with Gasteiger partial charge in [-0.05, 0) is 12.8 Å². The molecule has 1 heterocycles. The fourth-order valence-corrected chi connectivity index (χ4v) is 1.43. The van der Waals surface area contributed by atoms with Crippen molar-refractivity contribution >= 4 is 13.6 Å². The molecule has 0 spiro atoms. The predicted octanol–water partition coefficient (Wildman–Crippen LogP) is 3.83. The van der Waals surface area contributed by atoms with Gasteiger partial charge >= 0.3 is 7.25 Å². The van der Waals surface area contributed by atoms with Crippen LogP contribution in [0.4, 0.5) is 17.3 Å². The van der Waals surface area contributed by atoms with E-state index >= 15 is 0 Å². The number of unbranched alkanes of at least 4 members (excludes halogenated alkanes) is 3. The third-order valence-electron chi connectivity index (χ3n) is 2.32. The highest BCUT2D eigenvalue weighted by Crippen LogP contribution is 2.10. The van der Waals surface area contributed by atoms with Gasteiger partial charge in [0.1, 0.15) is 6.20 Å². The standard InChI is InChI=1S/C10H19N2.BF4/c1-3-4-5-6-8-12(2)9-7-11-10-12;2-1(3,4)5/h7,9-10H,3-6,8H2,1-2H3;/q+1;-1. The monoisotopic (exact) mass is 254 g/mol. The normalized spacial score (nSPS) is 22.5. The summed E-state index contributed by atoms with van der Waals surface area (Å²) in [5, 5.41) is 0. The smallest absolute Gasteiger partial charge is 0.418 e. The molecule has 1 aliphatic heterocycles. The van der Waals surface area contributed by atoms with Crippen molar-refractivity contribution in [3.8, 4) is 0 Å². The molecule has 0 saturated carbocycles. The van der Waals surface area contributed by atoms with Gasteiger partial charge < -0.3 is 17.3 Å². The maximum Gasteiger partial charge on any atom is 0.673 e. The molecule has 0 radical (unpaired) electrons. The van der Waals surface area contributed by atoms with Gasteiger partial charge in [0.25, 0.3) is 0 Å². The molecule has 1 aliphatic rings. The highest BCUT2D eigenvalue weighted by molar-refractivity contribution is 6.50. The highest BCUT2D eigenvalue weighted by atomic mass is 19.5. The van der Waals surface area contributed by atoms with E-state index in [1.54, 1.807) is 0 Å². The van der Waals surface area contributed by atoms with Crippen LogP contribution in [0.1, 0.15) is 32.6 Å². The molecular weight excluding hydrogens is 235 g/mol. The Morgan fingerprint density at radius 2 is 1.71 bits per heavy atom. The lowest BCUT2D eigenvalue weighted by molar-refractivity contribution is -0.756. The molecule has 1 atom stereocenters. The molecule has 0 saturated heterocycles. The quantitative estimate of drug-likeness (QED) is 0.306. The Morgan fingerprint density at radius 3 is 2.12 bits per heavy atom. The van der Waals surface area contributed by atoms with Crippen molar-refractivity contribution in [3.63, 3.8) is 0 Å². The molecule has 1 unspecified atom stereocenters. The Hall–Kier alpha value is -0.845. The minimum Gasteiger partial charge on any atom is -0.418 e. The van der Waals surface area contributed by atoms with Gasteiger partial charge in [0.2, 0.25) is 0 Å². The summed E-state index contributed by atoms with van der Waals surface area (Å²) in [4.78, 5) is 4.10. The predicted molar refractivity (Wildman–Crippen MR) is 63.0 cm³/mol. The number of nitrogens with zero attached hydrogens (tertiary/aromatic N) is 2. The summed E-state index contributed by atoms with van der Waals surface area (Å²) < 4.78 is 39.9. The second kappa shape index (κ2) is 7.47. The van der Waals surface area contributed by atoms with E-state index in [9.17, 15) is 17.3 Å². The van der Waals surface area contributed by atoms with E-state index in [0.717, 1.165) is 4.48 Å². The summed E-state index contributed by atoms with van der Waals surface area (Å²) in [7, 11) is -3.81. The summed E-state index contributed by atoms with van der Waals surface area (Å²) in [6.45, 7) is 3.44. The fraction of sp³-hybridized carbons (Fsp3) is 0.700. The molecule has 1 rings (SSSR count). The molecule has 7 heteroatoms. The maximum atomic E-state index is 9.75. The van der Waals surface area contributed by atoms with Crippen LogP contribution < -0.4 is 0 Å². The fourth-order valence-electron chi connectivity index (χ4n) is 1.43. The lowest BCUT2D eigenvalue weighted by Crippen LogP contribution is -2.35. The first-order valence-corrected chi connectivity index (χ1v) is 5.71. The molecule has 0 amide bonds. The van der Waals surface area contributed by atoms with Crippen molar-refractivity contribution in [1.82, 2.24) is 0 Å². The van der Waals surface area contributed by atoms with Crippen LogP contribution in [0.25, 0.3) is 0 Å². The Morgan fingerprint density at radius 1 is 1.12 bits per heavy atom. The number of hydrogen-bond donors (Lipinski definition) is 0. The number of rotatable bonds is 5. The summed E-state index contributed by atoms with van der Waals surface area (Å²) in [5.74, 6) is 0. The zero-order chi connectivity index (χ0) is 13.4. The number of aliphatic imine (C=N–C) groups is 1. The Balaban J connectivity index is 0.000000437. The summed E-state index contributed by atoms with van der Waals surface area (Å²) in [5.41, 5.74) is 0. The van der Waals surface area contributed by atoms with E-state index in [2.05, 4.69) is 25.2 Å². The summed E-state index contributed by atoms with van der Waals surface area (Å²) in [6.07, 6.45) is 11.4. The zero-order valence-corrected chi connectivity index (χ0v) is 10.3. The van der Waals surface area contributed by atoms with Crippen LogP contribution in [-0.4, -0.2) is 31.7 Å². The first-order valence-electron chi connectivity index (χ1n) is 5.71. The van der Waals surface area contributed by atoms with Crippen LogP contribution in [0.2, 0.25) is 0 Å². The molecule has 100 valence electrons. The number of hydrogen-bond acceptors (Lipinski definition) is 1. The van der Waals surface area contributed by atoms with E-state index < -0.39 is 7.25 Å².